The number of urea groups is 1. The van der Waals surface area contributed by atoms with E-state index in [4.69, 9.17) is 5.11 Å². The van der Waals surface area contributed by atoms with Crippen LogP contribution >= 0.6 is 0 Å². The molecule has 0 radical (unpaired) electrons. The maximum Gasteiger partial charge on any atom is 0.320 e. The summed E-state index contributed by atoms with van der Waals surface area (Å²) in [6.07, 6.45) is 1.31. The first-order valence-electron chi connectivity index (χ1n) is 6.49. The van der Waals surface area contributed by atoms with Gasteiger partial charge in [0, 0.05) is 33.2 Å². The maximum absolute atomic E-state index is 12.3. The molecule has 19 heavy (non-hydrogen) atoms. The Bertz CT molecular complexity index is 398. The standard InChI is InChI=1S/C12H19N3O4/c1-13-5-6-15(8-10(13)16)12(19)14-4-2-3-9(7-14)11(17)18/h9H,2-8H2,1H3,(H,17,18). The fourth-order valence-electron chi connectivity index (χ4n) is 2.47. The Morgan fingerprint density at radius 1 is 1.21 bits per heavy atom. The highest BCUT2D eigenvalue weighted by molar-refractivity contribution is 5.85. The van der Waals surface area contributed by atoms with Crippen LogP contribution in [-0.2, 0) is 9.59 Å². The lowest BCUT2D eigenvalue weighted by Crippen LogP contribution is -2.56. The average Bonchev–Trinajstić information content (AvgIpc) is 2.41. The molecule has 0 aromatic rings. The Hall–Kier alpha value is -1.79. The lowest BCUT2D eigenvalue weighted by Gasteiger charge is -2.38. The summed E-state index contributed by atoms with van der Waals surface area (Å²) in [5.41, 5.74) is 0. The van der Waals surface area contributed by atoms with Crippen LogP contribution in [0, 0.1) is 5.92 Å². The third-order valence-electron chi connectivity index (χ3n) is 3.77. The largest absolute Gasteiger partial charge is 0.481 e. The second-order valence-corrected chi connectivity index (χ2v) is 5.14. The average molecular weight is 269 g/mol. The van der Waals surface area contributed by atoms with E-state index in [0.29, 0.717) is 32.5 Å². The number of hydrogen-bond acceptors (Lipinski definition) is 3. The van der Waals surface area contributed by atoms with Gasteiger partial charge in [0.2, 0.25) is 5.91 Å². The molecule has 2 aliphatic rings. The third-order valence-corrected chi connectivity index (χ3v) is 3.77. The van der Waals surface area contributed by atoms with Gasteiger partial charge in [-0.2, -0.15) is 0 Å². The van der Waals surface area contributed by atoms with Crippen LogP contribution in [0.3, 0.4) is 0 Å². The number of piperazine rings is 1. The van der Waals surface area contributed by atoms with Gasteiger partial charge in [0.25, 0.3) is 0 Å². The molecule has 2 fully saturated rings. The molecule has 0 aliphatic carbocycles. The SMILES string of the molecule is CN1CCN(C(=O)N2CCCC(C(=O)O)C2)CC1=O. The molecule has 2 aliphatic heterocycles. The van der Waals surface area contributed by atoms with Crippen molar-refractivity contribution in [3.8, 4) is 0 Å². The van der Waals surface area contributed by atoms with Gasteiger partial charge in [0.15, 0.2) is 0 Å². The van der Waals surface area contributed by atoms with Gasteiger partial charge in [0.1, 0.15) is 6.54 Å². The minimum Gasteiger partial charge on any atom is -0.481 e. The molecule has 0 aromatic heterocycles. The third kappa shape index (κ3) is 2.97. The second-order valence-electron chi connectivity index (χ2n) is 5.14. The van der Waals surface area contributed by atoms with Crippen molar-refractivity contribution in [2.75, 3.05) is 39.8 Å². The molecular weight excluding hydrogens is 250 g/mol. The van der Waals surface area contributed by atoms with E-state index in [1.807, 2.05) is 0 Å². The van der Waals surface area contributed by atoms with E-state index in [9.17, 15) is 14.4 Å². The van der Waals surface area contributed by atoms with E-state index >= 15 is 0 Å². The van der Waals surface area contributed by atoms with Crippen molar-refractivity contribution < 1.29 is 19.5 Å². The second kappa shape index (κ2) is 5.46. The highest BCUT2D eigenvalue weighted by Crippen LogP contribution is 2.18. The smallest absolute Gasteiger partial charge is 0.320 e. The van der Waals surface area contributed by atoms with Gasteiger partial charge in [0.05, 0.1) is 5.92 Å². The fourth-order valence-corrected chi connectivity index (χ4v) is 2.47. The van der Waals surface area contributed by atoms with Gasteiger partial charge >= 0.3 is 12.0 Å². The van der Waals surface area contributed by atoms with E-state index in [1.165, 1.54) is 4.90 Å². The van der Waals surface area contributed by atoms with Crippen molar-refractivity contribution in [2.45, 2.75) is 12.8 Å². The van der Waals surface area contributed by atoms with E-state index in [2.05, 4.69) is 0 Å². The highest BCUT2D eigenvalue weighted by atomic mass is 16.4. The number of carboxylic acid groups (broad SMARTS) is 1. The van der Waals surface area contributed by atoms with Gasteiger partial charge in [-0.25, -0.2) is 4.79 Å². The number of carbonyl (C=O) groups is 3. The molecule has 0 spiro atoms. The van der Waals surface area contributed by atoms with Crippen molar-refractivity contribution in [2.24, 2.45) is 5.92 Å². The number of piperidine rings is 1. The van der Waals surface area contributed by atoms with E-state index in [0.717, 1.165) is 0 Å². The van der Waals surface area contributed by atoms with E-state index in [-0.39, 0.29) is 25.0 Å². The number of hydrogen-bond donors (Lipinski definition) is 1. The molecule has 1 atom stereocenters. The molecule has 106 valence electrons. The van der Waals surface area contributed by atoms with Crippen molar-refractivity contribution >= 4 is 17.9 Å². The zero-order valence-corrected chi connectivity index (χ0v) is 11.0. The van der Waals surface area contributed by atoms with Gasteiger partial charge in [-0.15, -0.1) is 0 Å². The van der Waals surface area contributed by atoms with Gasteiger partial charge < -0.3 is 19.8 Å². The summed E-state index contributed by atoms with van der Waals surface area (Å²) < 4.78 is 0. The first kappa shape index (κ1) is 13.6. The van der Waals surface area contributed by atoms with E-state index in [1.54, 1.807) is 16.8 Å². The minimum atomic E-state index is -0.855. The first-order valence-corrected chi connectivity index (χ1v) is 6.49. The number of aliphatic carboxylic acids is 1. The lowest BCUT2D eigenvalue weighted by molar-refractivity contribution is -0.143. The molecule has 2 rings (SSSR count). The molecule has 7 heteroatoms. The number of carboxylic acids is 1. The Morgan fingerprint density at radius 3 is 2.58 bits per heavy atom. The molecule has 0 saturated carbocycles. The zero-order chi connectivity index (χ0) is 14.0. The summed E-state index contributed by atoms with van der Waals surface area (Å²) in [5, 5.41) is 9.01. The molecule has 7 nitrogen and oxygen atoms in total. The normalized spacial score (nSPS) is 24.6. The summed E-state index contributed by atoms with van der Waals surface area (Å²) in [6, 6.07) is -0.215. The topological polar surface area (TPSA) is 81.2 Å². The van der Waals surface area contributed by atoms with Crippen LogP contribution in [0.5, 0.6) is 0 Å². The minimum absolute atomic E-state index is 0.0774. The predicted octanol–water partition coefficient (Wildman–Crippen LogP) is -0.323. The molecular formula is C12H19N3O4. The monoisotopic (exact) mass is 269 g/mol. The van der Waals surface area contributed by atoms with Crippen LogP contribution < -0.4 is 0 Å². The zero-order valence-electron chi connectivity index (χ0n) is 11.0. The van der Waals surface area contributed by atoms with Crippen molar-refractivity contribution in [1.82, 2.24) is 14.7 Å². The number of carbonyl (C=O) groups excluding carboxylic acids is 2. The van der Waals surface area contributed by atoms with Gasteiger partial charge in [-0.3, -0.25) is 9.59 Å². The van der Waals surface area contributed by atoms with Crippen LogP contribution in [0.15, 0.2) is 0 Å². The molecule has 2 saturated heterocycles. The summed E-state index contributed by atoms with van der Waals surface area (Å²) >= 11 is 0. The number of likely N-dealkylation sites (N-methyl/N-ethyl adjacent to an activating group) is 1. The summed E-state index contributed by atoms with van der Waals surface area (Å²) in [4.78, 5) is 39.5. The quantitative estimate of drug-likeness (QED) is 0.707. The fraction of sp³-hybridized carbons (Fsp3) is 0.750. The summed E-state index contributed by atoms with van der Waals surface area (Å²) in [7, 11) is 1.71. The first-order chi connectivity index (χ1) is 8.99. The Kier molecular flexibility index (Phi) is 3.92. The lowest BCUT2D eigenvalue weighted by atomic mass is 9.98. The van der Waals surface area contributed by atoms with Gasteiger partial charge in [-0.1, -0.05) is 0 Å². The maximum atomic E-state index is 12.3. The Morgan fingerprint density at radius 2 is 1.95 bits per heavy atom. The number of amides is 3. The molecule has 2 heterocycles. The van der Waals surface area contributed by atoms with E-state index < -0.39 is 11.9 Å². The molecule has 1 unspecified atom stereocenters. The molecule has 3 amide bonds. The van der Waals surface area contributed by atoms with Crippen LogP contribution in [-0.4, -0.2) is 77.5 Å². The molecule has 1 N–H and O–H groups in total. The van der Waals surface area contributed by atoms with Crippen molar-refractivity contribution in [1.29, 1.82) is 0 Å². The van der Waals surface area contributed by atoms with Crippen molar-refractivity contribution in [3.05, 3.63) is 0 Å². The van der Waals surface area contributed by atoms with Crippen LogP contribution in [0.4, 0.5) is 4.79 Å². The molecule has 0 bridgehead atoms. The van der Waals surface area contributed by atoms with Crippen molar-refractivity contribution in [3.63, 3.8) is 0 Å². The van der Waals surface area contributed by atoms with Gasteiger partial charge in [-0.05, 0) is 12.8 Å². The number of nitrogens with zero attached hydrogens (tertiary/aromatic N) is 3. The predicted molar refractivity (Wildman–Crippen MR) is 66.5 cm³/mol. The Labute approximate surface area is 111 Å². The molecule has 0 aromatic carbocycles. The summed E-state index contributed by atoms with van der Waals surface area (Å²) in [5.74, 6) is -1.42. The highest BCUT2D eigenvalue weighted by Gasteiger charge is 2.32. The number of rotatable bonds is 1. The Balaban J connectivity index is 1.96. The number of likely N-dealkylation sites (tertiary alicyclic amines) is 1. The van der Waals surface area contributed by atoms with Crippen LogP contribution in [0.25, 0.3) is 0 Å². The van der Waals surface area contributed by atoms with Crippen LogP contribution in [0.1, 0.15) is 12.8 Å². The summed E-state index contributed by atoms with van der Waals surface area (Å²) in [6.45, 7) is 1.94. The van der Waals surface area contributed by atoms with Crippen LogP contribution in [0.2, 0.25) is 0 Å².